The average molecular weight is 419 g/mol. The molecule has 31 heavy (non-hydrogen) atoms. The number of piperazine rings is 2. The van der Waals surface area contributed by atoms with Crippen LogP contribution in [0.3, 0.4) is 0 Å². The van der Waals surface area contributed by atoms with Crippen LogP contribution in [-0.2, 0) is 16.1 Å². The summed E-state index contributed by atoms with van der Waals surface area (Å²) in [5, 5.41) is 3.11. The van der Waals surface area contributed by atoms with Gasteiger partial charge in [-0.25, -0.2) is 0 Å². The Hall–Kier alpha value is -2.86. The number of hydrogen-bond acceptors (Lipinski definition) is 4. The third-order valence-corrected chi connectivity index (χ3v) is 7.10. The maximum atomic E-state index is 13.6. The molecule has 6 heteroatoms. The van der Waals surface area contributed by atoms with E-state index in [9.17, 15) is 9.59 Å². The quantitative estimate of drug-likeness (QED) is 0.826. The number of hydrogen-bond donors (Lipinski definition) is 1. The summed E-state index contributed by atoms with van der Waals surface area (Å²) in [4.78, 5) is 32.9. The summed E-state index contributed by atoms with van der Waals surface area (Å²) in [5.74, 6) is 0.136. The van der Waals surface area contributed by atoms with Crippen molar-refractivity contribution in [2.45, 2.75) is 38.0 Å². The molecule has 3 aliphatic rings. The fourth-order valence-electron chi connectivity index (χ4n) is 5.57. The molecule has 2 bridgehead atoms. The lowest BCUT2D eigenvalue weighted by Gasteiger charge is -2.41. The Balaban J connectivity index is 1.30. The van der Waals surface area contributed by atoms with E-state index in [1.807, 2.05) is 36.1 Å². The number of nitrogens with zero attached hydrogens (tertiary/aromatic N) is 3. The molecule has 5 rings (SSSR count). The number of amides is 2. The van der Waals surface area contributed by atoms with E-state index in [0.717, 1.165) is 26.2 Å². The fourth-order valence-corrected chi connectivity index (χ4v) is 5.57. The van der Waals surface area contributed by atoms with Crippen molar-refractivity contribution in [3.63, 3.8) is 0 Å². The standard InChI is InChI=1S/C25H30N4O2/c1-18-23-21(16-22(24(30)26-18)29(23)17-19-8-4-2-5-9-19)25(31)28-14-12-27(13-15-28)20-10-6-3-7-11-20/h2-11,18,21-23H,12-17H2,1H3,(H,26,30)/t18?,21-,22+,23+/m1/s1. The molecule has 1 unspecified atom stereocenters. The summed E-state index contributed by atoms with van der Waals surface area (Å²) in [5.41, 5.74) is 2.40. The third-order valence-electron chi connectivity index (χ3n) is 7.10. The van der Waals surface area contributed by atoms with Crippen molar-refractivity contribution in [2.24, 2.45) is 5.92 Å². The minimum Gasteiger partial charge on any atom is -0.368 e. The number of fused-ring (bicyclic) bond motifs is 2. The van der Waals surface area contributed by atoms with Gasteiger partial charge in [0.25, 0.3) is 0 Å². The normalized spacial score (nSPS) is 28.5. The zero-order valence-electron chi connectivity index (χ0n) is 18.0. The Bertz CT molecular complexity index is 927. The van der Waals surface area contributed by atoms with Crippen LogP contribution in [0.2, 0.25) is 0 Å². The van der Waals surface area contributed by atoms with Crippen LogP contribution >= 0.6 is 0 Å². The highest BCUT2D eigenvalue weighted by Crippen LogP contribution is 2.38. The lowest BCUT2D eigenvalue weighted by Crippen LogP contribution is -2.61. The number of carbonyl (C=O) groups is 2. The van der Waals surface area contributed by atoms with Gasteiger partial charge in [0, 0.05) is 50.5 Å². The van der Waals surface area contributed by atoms with Gasteiger partial charge < -0.3 is 15.1 Å². The number of carbonyl (C=O) groups excluding carboxylic acids is 2. The molecule has 3 fully saturated rings. The molecule has 0 saturated carbocycles. The highest BCUT2D eigenvalue weighted by molar-refractivity contribution is 5.88. The highest BCUT2D eigenvalue weighted by Gasteiger charge is 2.54. The van der Waals surface area contributed by atoms with Gasteiger partial charge in [-0.2, -0.15) is 0 Å². The molecule has 3 saturated heterocycles. The van der Waals surface area contributed by atoms with Gasteiger partial charge in [0.15, 0.2) is 0 Å². The largest absolute Gasteiger partial charge is 0.368 e. The van der Waals surface area contributed by atoms with Gasteiger partial charge in [-0.15, -0.1) is 0 Å². The minimum atomic E-state index is -0.221. The zero-order valence-corrected chi connectivity index (χ0v) is 18.0. The van der Waals surface area contributed by atoms with Crippen LogP contribution in [0, 0.1) is 5.92 Å². The molecular formula is C25H30N4O2. The van der Waals surface area contributed by atoms with E-state index >= 15 is 0 Å². The molecule has 0 spiro atoms. The predicted octanol–water partition coefficient (Wildman–Crippen LogP) is 2.11. The summed E-state index contributed by atoms with van der Waals surface area (Å²) in [6.45, 7) is 5.90. The second-order valence-corrected chi connectivity index (χ2v) is 8.95. The first-order chi connectivity index (χ1) is 15.1. The van der Waals surface area contributed by atoms with Crippen molar-refractivity contribution in [3.8, 4) is 0 Å². The van der Waals surface area contributed by atoms with Crippen LogP contribution in [0.4, 0.5) is 5.69 Å². The van der Waals surface area contributed by atoms with Gasteiger partial charge in [0.2, 0.25) is 11.8 Å². The topological polar surface area (TPSA) is 55.9 Å². The summed E-state index contributed by atoms with van der Waals surface area (Å²) < 4.78 is 0. The molecule has 2 amide bonds. The van der Waals surface area contributed by atoms with Gasteiger partial charge in [-0.05, 0) is 31.0 Å². The SMILES string of the molecule is CC1NC(=O)[C@@H]2C[C@@H](C(=O)N3CCN(c4ccccc4)CC3)[C@H]1N2Cc1ccccc1. The van der Waals surface area contributed by atoms with E-state index in [4.69, 9.17) is 0 Å². The first-order valence-corrected chi connectivity index (χ1v) is 11.3. The van der Waals surface area contributed by atoms with Gasteiger partial charge in [-0.1, -0.05) is 48.5 Å². The Morgan fingerprint density at radius 2 is 1.61 bits per heavy atom. The van der Waals surface area contributed by atoms with E-state index < -0.39 is 0 Å². The molecule has 2 aromatic rings. The van der Waals surface area contributed by atoms with Crippen LogP contribution in [0.15, 0.2) is 60.7 Å². The van der Waals surface area contributed by atoms with E-state index in [2.05, 4.69) is 51.5 Å². The molecule has 0 aromatic heterocycles. The van der Waals surface area contributed by atoms with E-state index in [0.29, 0.717) is 13.0 Å². The van der Waals surface area contributed by atoms with Crippen LogP contribution < -0.4 is 10.2 Å². The van der Waals surface area contributed by atoms with Crippen LogP contribution in [0.1, 0.15) is 18.9 Å². The third kappa shape index (κ3) is 3.81. The first-order valence-electron chi connectivity index (χ1n) is 11.3. The fraction of sp³-hybridized carbons (Fsp3) is 0.440. The number of rotatable bonds is 4. The Kier molecular flexibility index (Phi) is 5.40. The monoisotopic (exact) mass is 418 g/mol. The lowest BCUT2D eigenvalue weighted by atomic mass is 9.93. The maximum Gasteiger partial charge on any atom is 0.237 e. The van der Waals surface area contributed by atoms with Gasteiger partial charge in [0.1, 0.15) is 0 Å². The highest BCUT2D eigenvalue weighted by atomic mass is 16.2. The van der Waals surface area contributed by atoms with Crippen molar-refractivity contribution in [1.82, 2.24) is 15.1 Å². The lowest BCUT2D eigenvalue weighted by molar-refractivity contribution is -0.138. The van der Waals surface area contributed by atoms with E-state index in [1.165, 1.54) is 11.3 Å². The number of anilines is 1. The van der Waals surface area contributed by atoms with Crippen LogP contribution in [0.5, 0.6) is 0 Å². The van der Waals surface area contributed by atoms with Gasteiger partial charge in [-0.3, -0.25) is 14.5 Å². The van der Waals surface area contributed by atoms with Crippen molar-refractivity contribution in [2.75, 3.05) is 31.1 Å². The summed E-state index contributed by atoms with van der Waals surface area (Å²) in [7, 11) is 0. The second-order valence-electron chi connectivity index (χ2n) is 8.95. The zero-order chi connectivity index (χ0) is 21.4. The molecule has 2 aromatic carbocycles. The van der Waals surface area contributed by atoms with Crippen molar-refractivity contribution < 1.29 is 9.59 Å². The number of nitrogens with one attached hydrogen (secondary N) is 1. The minimum absolute atomic E-state index is 0.0329. The predicted molar refractivity (Wildman–Crippen MR) is 121 cm³/mol. The molecule has 0 aliphatic carbocycles. The molecule has 4 atom stereocenters. The molecule has 6 nitrogen and oxygen atoms in total. The van der Waals surface area contributed by atoms with E-state index in [1.54, 1.807) is 0 Å². The molecule has 3 aliphatic heterocycles. The second kappa shape index (κ2) is 8.35. The molecule has 3 heterocycles. The van der Waals surface area contributed by atoms with Gasteiger partial charge in [0.05, 0.1) is 12.0 Å². The molecular weight excluding hydrogens is 388 g/mol. The first kappa shape index (κ1) is 20.1. The van der Waals surface area contributed by atoms with Crippen LogP contribution in [-0.4, -0.2) is 65.9 Å². The van der Waals surface area contributed by atoms with Crippen molar-refractivity contribution in [3.05, 3.63) is 66.2 Å². The Morgan fingerprint density at radius 1 is 0.968 bits per heavy atom. The number of benzene rings is 2. The average Bonchev–Trinajstić information content (AvgIpc) is 3.12. The molecule has 0 radical (unpaired) electrons. The Labute approximate surface area is 183 Å². The van der Waals surface area contributed by atoms with E-state index in [-0.39, 0.29) is 35.9 Å². The maximum absolute atomic E-state index is 13.6. The molecule has 162 valence electrons. The van der Waals surface area contributed by atoms with Crippen molar-refractivity contribution in [1.29, 1.82) is 0 Å². The van der Waals surface area contributed by atoms with Gasteiger partial charge >= 0.3 is 0 Å². The smallest absolute Gasteiger partial charge is 0.237 e. The Morgan fingerprint density at radius 3 is 2.29 bits per heavy atom. The van der Waals surface area contributed by atoms with Crippen molar-refractivity contribution >= 4 is 17.5 Å². The number of para-hydroxylation sites is 1. The summed E-state index contributed by atoms with van der Waals surface area (Å²) in [6.07, 6.45) is 0.616. The molecule has 1 N–H and O–H groups in total. The van der Waals surface area contributed by atoms with Crippen LogP contribution in [0.25, 0.3) is 0 Å². The summed E-state index contributed by atoms with van der Waals surface area (Å²) in [6, 6.07) is 20.4. The summed E-state index contributed by atoms with van der Waals surface area (Å²) >= 11 is 0.